The average Bonchev–Trinajstić information content (AvgIpc) is 2.27. The minimum atomic E-state index is 0.509. The molecule has 0 aromatic carbocycles. The van der Waals surface area contributed by atoms with Gasteiger partial charge in [-0.25, -0.2) is 0 Å². The Morgan fingerprint density at radius 3 is 2.73 bits per heavy atom. The summed E-state index contributed by atoms with van der Waals surface area (Å²) in [4.78, 5) is 1.94. The Morgan fingerprint density at radius 2 is 2.20 bits per heavy atom. The lowest BCUT2D eigenvalue weighted by molar-refractivity contribution is 0.810. The normalized spacial score (nSPS) is 9.67. The van der Waals surface area contributed by atoms with Crippen LogP contribution < -0.4 is 4.90 Å². The summed E-state index contributed by atoms with van der Waals surface area (Å²) in [6, 6.07) is 6.06. The molecule has 4 nitrogen and oxygen atoms in total. The molecule has 0 bridgehead atoms. The van der Waals surface area contributed by atoms with Gasteiger partial charge < -0.3 is 4.90 Å². The Labute approximate surface area is 90.5 Å². The number of hydrogen-bond donors (Lipinski definition) is 0. The zero-order chi connectivity index (χ0) is 11.1. The van der Waals surface area contributed by atoms with Crippen molar-refractivity contribution in [2.45, 2.75) is 26.2 Å². The van der Waals surface area contributed by atoms with Crippen molar-refractivity contribution in [1.29, 1.82) is 5.26 Å². The number of aryl methyl sites for hydroxylation is 1. The van der Waals surface area contributed by atoms with E-state index in [1.807, 2.05) is 24.1 Å². The molecule has 4 heteroatoms. The highest BCUT2D eigenvalue weighted by Crippen LogP contribution is 2.08. The smallest absolute Gasteiger partial charge is 0.151 e. The lowest BCUT2D eigenvalue weighted by Gasteiger charge is -2.15. The largest absolute Gasteiger partial charge is 0.357 e. The molecule has 1 aromatic heterocycles. The van der Waals surface area contributed by atoms with Gasteiger partial charge in [0.05, 0.1) is 18.2 Å². The Morgan fingerprint density at radius 1 is 1.40 bits per heavy atom. The van der Waals surface area contributed by atoms with E-state index >= 15 is 0 Å². The van der Waals surface area contributed by atoms with Crippen molar-refractivity contribution in [1.82, 2.24) is 10.2 Å². The molecule has 0 fully saturated rings. The van der Waals surface area contributed by atoms with Gasteiger partial charge in [-0.3, -0.25) is 0 Å². The van der Waals surface area contributed by atoms with Crippen LogP contribution in [0.1, 0.15) is 25.5 Å². The van der Waals surface area contributed by atoms with Gasteiger partial charge in [0.15, 0.2) is 5.82 Å². The molecule has 0 unspecified atom stereocenters. The number of hydrogen-bond acceptors (Lipinski definition) is 4. The lowest BCUT2D eigenvalue weighted by atomic mass is 10.2. The molecule has 0 saturated heterocycles. The van der Waals surface area contributed by atoms with Crippen LogP contribution in [-0.4, -0.2) is 23.8 Å². The van der Waals surface area contributed by atoms with Crippen LogP contribution in [0.25, 0.3) is 0 Å². The van der Waals surface area contributed by atoms with Gasteiger partial charge in [-0.05, 0) is 18.6 Å². The van der Waals surface area contributed by atoms with Gasteiger partial charge in [-0.15, -0.1) is 5.10 Å². The molecule has 0 spiro atoms. The molecule has 0 saturated carbocycles. The zero-order valence-corrected chi connectivity index (χ0v) is 9.27. The van der Waals surface area contributed by atoms with Crippen LogP contribution in [0.5, 0.6) is 0 Å². The summed E-state index contributed by atoms with van der Waals surface area (Å²) in [5.74, 6) is 0.824. The van der Waals surface area contributed by atoms with E-state index in [0.29, 0.717) is 13.0 Å². The van der Waals surface area contributed by atoms with E-state index in [4.69, 9.17) is 5.26 Å². The van der Waals surface area contributed by atoms with Crippen LogP contribution in [0.15, 0.2) is 12.1 Å². The second-order valence-corrected chi connectivity index (χ2v) is 3.46. The Balaban J connectivity index is 2.59. The minimum absolute atomic E-state index is 0.509. The number of rotatable bonds is 5. The maximum absolute atomic E-state index is 8.46. The molecule has 15 heavy (non-hydrogen) atoms. The van der Waals surface area contributed by atoms with Crippen molar-refractivity contribution >= 4 is 5.82 Å². The number of nitriles is 1. The first-order chi connectivity index (χ1) is 7.27. The Bertz CT molecular complexity index is 325. The number of nitrogens with zero attached hydrogens (tertiary/aromatic N) is 4. The van der Waals surface area contributed by atoms with Crippen molar-refractivity contribution in [3.8, 4) is 6.07 Å². The van der Waals surface area contributed by atoms with E-state index in [1.165, 1.54) is 0 Å². The van der Waals surface area contributed by atoms with Crippen LogP contribution in [0.2, 0.25) is 0 Å². The summed E-state index contributed by atoms with van der Waals surface area (Å²) in [5, 5.41) is 16.7. The third-order valence-corrected chi connectivity index (χ3v) is 2.16. The van der Waals surface area contributed by atoms with Gasteiger partial charge in [-0.1, -0.05) is 13.3 Å². The fourth-order valence-electron chi connectivity index (χ4n) is 1.28. The van der Waals surface area contributed by atoms with Crippen molar-refractivity contribution in [3.63, 3.8) is 0 Å². The van der Waals surface area contributed by atoms with Gasteiger partial charge in [0, 0.05) is 13.6 Å². The molecule has 0 N–H and O–H groups in total. The fraction of sp³-hybridized carbons (Fsp3) is 0.545. The van der Waals surface area contributed by atoms with E-state index in [-0.39, 0.29) is 0 Å². The minimum Gasteiger partial charge on any atom is -0.357 e. The van der Waals surface area contributed by atoms with E-state index in [2.05, 4.69) is 23.2 Å². The molecule has 1 aromatic rings. The van der Waals surface area contributed by atoms with Gasteiger partial charge in [0.2, 0.25) is 0 Å². The van der Waals surface area contributed by atoms with E-state index in [0.717, 1.165) is 24.4 Å². The summed E-state index contributed by atoms with van der Waals surface area (Å²) < 4.78 is 0. The maximum atomic E-state index is 8.46. The predicted molar refractivity (Wildman–Crippen MR) is 59.5 cm³/mol. The fourth-order valence-corrected chi connectivity index (χ4v) is 1.28. The topological polar surface area (TPSA) is 52.8 Å². The maximum Gasteiger partial charge on any atom is 0.151 e. The quantitative estimate of drug-likeness (QED) is 0.733. The first-order valence-corrected chi connectivity index (χ1v) is 5.18. The van der Waals surface area contributed by atoms with Crippen LogP contribution in [0.3, 0.4) is 0 Å². The monoisotopic (exact) mass is 204 g/mol. The van der Waals surface area contributed by atoms with E-state index < -0.39 is 0 Å². The summed E-state index contributed by atoms with van der Waals surface area (Å²) in [6.07, 6.45) is 2.56. The third kappa shape index (κ3) is 3.55. The van der Waals surface area contributed by atoms with Crippen LogP contribution in [-0.2, 0) is 6.42 Å². The van der Waals surface area contributed by atoms with Crippen molar-refractivity contribution < 1.29 is 0 Å². The van der Waals surface area contributed by atoms with Gasteiger partial charge in [-0.2, -0.15) is 10.4 Å². The second kappa shape index (κ2) is 5.97. The Kier molecular flexibility index (Phi) is 4.55. The molecule has 80 valence electrons. The zero-order valence-electron chi connectivity index (χ0n) is 9.27. The summed E-state index contributed by atoms with van der Waals surface area (Å²) >= 11 is 0. The van der Waals surface area contributed by atoms with Gasteiger partial charge in [0.1, 0.15) is 0 Å². The van der Waals surface area contributed by atoms with E-state index in [9.17, 15) is 0 Å². The van der Waals surface area contributed by atoms with Gasteiger partial charge in [0.25, 0.3) is 0 Å². The molecular weight excluding hydrogens is 188 g/mol. The highest BCUT2D eigenvalue weighted by molar-refractivity contribution is 5.36. The second-order valence-electron chi connectivity index (χ2n) is 3.46. The predicted octanol–water partition coefficient (Wildman–Crippen LogP) is 1.78. The molecule has 0 aliphatic heterocycles. The van der Waals surface area contributed by atoms with Crippen LogP contribution in [0, 0.1) is 11.3 Å². The molecule has 0 radical (unpaired) electrons. The molecule has 0 aliphatic carbocycles. The molecule has 0 atom stereocenters. The third-order valence-electron chi connectivity index (χ3n) is 2.16. The summed E-state index contributed by atoms with van der Waals surface area (Å²) in [6.45, 7) is 2.81. The van der Waals surface area contributed by atoms with Crippen molar-refractivity contribution in [3.05, 3.63) is 17.8 Å². The van der Waals surface area contributed by atoms with E-state index in [1.54, 1.807) is 0 Å². The number of aromatic nitrogens is 2. The molecule has 1 heterocycles. The Hall–Kier alpha value is -1.63. The molecule has 0 amide bonds. The lowest BCUT2D eigenvalue weighted by Crippen LogP contribution is -2.19. The van der Waals surface area contributed by atoms with Crippen LogP contribution in [0.4, 0.5) is 5.82 Å². The van der Waals surface area contributed by atoms with Gasteiger partial charge >= 0.3 is 0 Å². The first kappa shape index (κ1) is 11.4. The number of anilines is 1. The molecule has 0 aliphatic rings. The average molecular weight is 204 g/mol. The molecule has 1 rings (SSSR count). The highest BCUT2D eigenvalue weighted by atomic mass is 15.2. The SMILES string of the molecule is CCCc1ccc(N(C)CCC#N)nn1. The summed E-state index contributed by atoms with van der Waals surface area (Å²) in [5.41, 5.74) is 1.02. The standard InChI is InChI=1S/C11H16N4/c1-3-5-10-6-7-11(14-13-10)15(2)9-4-8-12/h6-7H,3-5,9H2,1-2H3. The highest BCUT2D eigenvalue weighted by Gasteiger charge is 2.02. The van der Waals surface area contributed by atoms with Crippen LogP contribution >= 0.6 is 0 Å². The first-order valence-electron chi connectivity index (χ1n) is 5.18. The van der Waals surface area contributed by atoms with Crippen molar-refractivity contribution in [2.75, 3.05) is 18.5 Å². The summed E-state index contributed by atoms with van der Waals surface area (Å²) in [7, 11) is 1.92. The van der Waals surface area contributed by atoms with Crippen molar-refractivity contribution in [2.24, 2.45) is 0 Å². The molecular formula is C11H16N4.